The second-order valence-electron chi connectivity index (χ2n) is 11.4. The topological polar surface area (TPSA) is 137 Å². The number of hydrogen-bond acceptors (Lipinski definition) is 8. The van der Waals surface area contributed by atoms with E-state index in [1.807, 2.05) is 0 Å². The molecule has 5 aromatic rings. The molecule has 0 unspecified atom stereocenters. The molecule has 0 atom stereocenters. The fourth-order valence-corrected chi connectivity index (χ4v) is 8.01. The Labute approximate surface area is 416 Å². The standard InChI is InChI=1S/C8H6Br2FNO3.C8H7Br2FO.C8H10FNO.C7H5Br2FO.C7H7FO.CH4.CH3.Pd/c1-3-4(9)7(12(13)14)5(10)8(15-2)6(3)11;1-4-5(9)3-6(10)8(12-2)7(4)11;1-5-3-6(10)4-7(11-2)8(5)9;1-3-4(8)2-5(9)7(11)6(3)10;1-5-3-2-4-6(9)7(5)8;;;/h1-2H3;3H,1-2H3;3-4H,10H2,1-2H3;2,11H,1H3;2-4,9H,1H3;1H4;1H3;/q;;;;;;-1;. The summed E-state index contributed by atoms with van der Waals surface area (Å²) >= 11 is 18.5. The van der Waals surface area contributed by atoms with Crippen molar-refractivity contribution in [1.82, 2.24) is 0 Å². The van der Waals surface area contributed by atoms with E-state index in [1.165, 1.54) is 40.4 Å². The average molecular weight is 1340 g/mol. The number of hydrogen-bond donors (Lipinski definition) is 3. The summed E-state index contributed by atoms with van der Waals surface area (Å²) in [5.41, 5.74) is 7.80. The molecule has 61 heavy (non-hydrogen) atoms. The van der Waals surface area contributed by atoms with Crippen LogP contribution in [-0.4, -0.2) is 36.5 Å². The number of nitrogen functional groups attached to an aromatic ring is 1. The monoisotopic (exact) mass is 1340 g/mol. The fourth-order valence-electron chi connectivity index (χ4n) is 4.16. The molecule has 0 spiro atoms. The molecule has 0 aromatic heterocycles. The summed E-state index contributed by atoms with van der Waals surface area (Å²) in [6.07, 6.45) is 0. The van der Waals surface area contributed by atoms with Crippen molar-refractivity contribution >= 4 is 107 Å². The molecule has 342 valence electrons. The quantitative estimate of drug-likeness (QED) is 0.0404. The zero-order chi connectivity index (χ0) is 44.9. The molecule has 0 heterocycles. The van der Waals surface area contributed by atoms with Gasteiger partial charge in [-0.05, 0) is 134 Å². The average Bonchev–Trinajstić information content (AvgIpc) is 3.16. The Kier molecular flexibility index (Phi) is 29.9. The molecule has 9 nitrogen and oxygen atoms in total. The normalized spacial score (nSPS) is 9.49. The number of nitrogens with two attached hydrogens (primary N) is 1. The first-order valence-electron chi connectivity index (χ1n) is 15.8. The van der Waals surface area contributed by atoms with Crippen LogP contribution in [0.5, 0.6) is 28.7 Å². The first-order valence-corrected chi connectivity index (χ1v) is 20.6. The molecular formula is C40H42Br6F5N2O7Pd-. The number of aryl methyl sites for hydroxylation is 2. The molecule has 0 fully saturated rings. The number of nitro groups is 1. The summed E-state index contributed by atoms with van der Waals surface area (Å²) in [6.45, 7) is 7.96. The first kappa shape index (κ1) is 62.8. The third-order valence-corrected chi connectivity index (χ3v) is 12.0. The third kappa shape index (κ3) is 17.2. The van der Waals surface area contributed by atoms with Crippen molar-refractivity contribution in [3.05, 3.63) is 144 Å². The summed E-state index contributed by atoms with van der Waals surface area (Å²) in [4.78, 5) is 10.1. The van der Waals surface area contributed by atoms with Crippen molar-refractivity contribution in [3.8, 4) is 28.7 Å². The number of ether oxygens (including phenoxy) is 3. The van der Waals surface area contributed by atoms with E-state index in [-0.39, 0.29) is 95.9 Å². The van der Waals surface area contributed by atoms with Gasteiger partial charge in [-0.15, -0.1) is 0 Å². The molecule has 0 aliphatic heterocycles. The van der Waals surface area contributed by atoms with E-state index in [0.29, 0.717) is 41.4 Å². The minimum atomic E-state index is -0.623. The van der Waals surface area contributed by atoms with Crippen LogP contribution in [0, 0.1) is 81.2 Å². The maximum Gasteiger partial charge on any atom is 0.301 e. The Hall–Kier alpha value is -2.51. The number of aromatic hydroxyl groups is 2. The van der Waals surface area contributed by atoms with Gasteiger partial charge in [-0.3, -0.25) is 10.1 Å². The van der Waals surface area contributed by atoms with Crippen LogP contribution in [0.25, 0.3) is 0 Å². The van der Waals surface area contributed by atoms with Crippen LogP contribution in [0.1, 0.15) is 35.2 Å². The van der Waals surface area contributed by atoms with Crippen LogP contribution in [0.3, 0.4) is 0 Å². The number of nitro benzene ring substituents is 1. The van der Waals surface area contributed by atoms with E-state index in [1.54, 1.807) is 58.0 Å². The third-order valence-electron chi connectivity index (χ3n) is 7.43. The SMILES string of the molecule is C.COc1c(Br)cc(Br)c(C)c1F.COc1c(F)c(C)c(Br)c([N+](=O)[O-])c1Br.COc1cc(N)cc(C)c1F.Cc1c(Br)cc(Br)c(O)c1F.Cc1cccc(O)c1F.[CH3-].[Pd]. The molecule has 21 heteroatoms. The Balaban J connectivity index is -0.000000687. The van der Waals surface area contributed by atoms with Gasteiger partial charge >= 0.3 is 5.69 Å². The summed E-state index contributed by atoms with van der Waals surface area (Å²) < 4.78 is 82.1. The Morgan fingerprint density at radius 2 is 1.10 bits per heavy atom. The van der Waals surface area contributed by atoms with E-state index >= 15 is 0 Å². The number of nitrogens with zero attached hydrogens (tertiary/aromatic N) is 1. The maximum atomic E-state index is 13.6. The van der Waals surface area contributed by atoms with Crippen molar-refractivity contribution in [3.63, 3.8) is 0 Å². The van der Waals surface area contributed by atoms with Crippen LogP contribution in [0.2, 0.25) is 0 Å². The van der Waals surface area contributed by atoms with Crippen LogP contribution in [0.4, 0.5) is 33.3 Å². The van der Waals surface area contributed by atoms with Crippen molar-refractivity contribution in [2.45, 2.75) is 42.0 Å². The molecule has 5 rings (SSSR count). The van der Waals surface area contributed by atoms with Crippen LogP contribution >= 0.6 is 95.6 Å². The maximum absolute atomic E-state index is 13.6. The van der Waals surface area contributed by atoms with Gasteiger partial charge in [-0.2, -0.15) is 0 Å². The van der Waals surface area contributed by atoms with Gasteiger partial charge in [0.15, 0.2) is 57.8 Å². The van der Waals surface area contributed by atoms with Crippen molar-refractivity contribution < 1.29 is 71.7 Å². The van der Waals surface area contributed by atoms with Crippen LogP contribution in [-0.2, 0) is 20.4 Å². The van der Waals surface area contributed by atoms with E-state index < -0.39 is 22.4 Å². The second kappa shape index (κ2) is 29.0. The molecule has 4 N–H and O–H groups in total. The van der Waals surface area contributed by atoms with Gasteiger partial charge in [0.2, 0.25) is 0 Å². The Morgan fingerprint density at radius 1 is 0.623 bits per heavy atom. The van der Waals surface area contributed by atoms with E-state index in [0.717, 1.165) is 4.47 Å². The molecule has 0 aliphatic carbocycles. The van der Waals surface area contributed by atoms with Crippen LogP contribution in [0.15, 0.2) is 69.3 Å². The molecule has 5 aromatic carbocycles. The smallest absolute Gasteiger partial charge is 0.301 e. The van der Waals surface area contributed by atoms with E-state index in [4.69, 9.17) is 30.2 Å². The summed E-state index contributed by atoms with van der Waals surface area (Å²) in [5, 5.41) is 28.5. The predicted octanol–water partition coefficient (Wildman–Crippen LogP) is 15.3. The number of rotatable bonds is 4. The number of phenolic OH excluding ortho intramolecular Hbond substituents is 2. The predicted molar refractivity (Wildman–Crippen MR) is 249 cm³/mol. The molecule has 0 aliphatic rings. The minimum absolute atomic E-state index is 0. The van der Waals surface area contributed by atoms with Gasteiger partial charge in [-0.1, -0.05) is 51.4 Å². The van der Waals surface area contributed by atoms with Crippen molar-refractivity contribution in [2.75, 3.05) is 27.1 Å². The zero-order valence-corrected chi connectivity index (χ0v) is 44.0. The number of benzene rings is 5. The number of methoxy groups -OCH3 is 3. The van der Waals surface area contributed by atoms with Gasteiger partial charge < -0.3 is 37.6 Å². The largest absolute Gasteiger partial charge is 0.505 e. The number of phenols is 2. The molecule has 0 saturated carbocycles. The summed E-state index contributed by atoms with van der Waals surface area (Å²) in [5.74, 6) is -2.77. The number of anilines is 1. The fraction of sp³-hybridized carbons (Fsp3) is 0.225. The van der Waals surface area contributed by atoms with Gasteiger partial charge in [0, 0.05) is 57.8 Å². The molecular weight excluding hydrogens is 1300 g/mol. The molecule has 0 saturated heterocycles. The van der Waals surface area contributed by atoms with Gasteiger partial charge in [0.1, 0.15) is 8.95 Å². The van der Waals surface area contributed by atoms with Gasteiger partial charge in [-0.25, -0.2) is 22.0 Å². The summed E-state index contributed by atoms with van der Waals surface area (Å²) in [7, 11) is 4.11. The molecule has 0 radical (unpaired) electrons. The minimum Gasteiger partial charge on any atom is -0.505 e. The molecule has 0 bridgehead atoms. The number of halogens is 11. The molecule has 0 amide bonds. The van der Waals surface area contributed by atoms with Gasteiger partial charge in [0.05, 0.1) is 35.2 Å². The summed E-state index contributed by atoms with van der Waals surface area (Å²) in [6, 6.07) is 10.9. The van der Waals surface area contributed by atoms with Crippen LogP contribution < -0.4 is 19.9 Å². The Morgan fingerprint density at radius 3 is 1.54 bits per heavy atom. The van der Waals surface area contributed by atoms with E-state index in [2.05, 4.69) is 95.6 Å². The second-order valence-corrected chi connectivity index (χ2v) is 16.4. The van der Waals surface area contributed by atoms with Gasteiger partial charge in [0.25, 0.3) is 0 Å². The Bertz CT molecular complexity index is 2230. The first-order chi connectivity index (χ1) is 26.9. The van der Waals surface area contributed by atoms with Crippen molar-refractivity contribution in [1.29, 1.82) is 0 Å². The van der Waals surface area contributed by atoms with Crippen molar-refractivity contribution in [2.24, 2.45) is 0 Å². The zero-order valence-electron chi connectivity index (χ0n) is 33.0. The van der Waals surface area contributed by atoms with E-state index in [9.17, 15) is 32.1 Å².